The van der Waals surface area contributed by atoms with Crippen molar-refractivity contribution < 1.29 is 14.0 Å². The minimum Gasteiger partial charge on any atom is -0.352 e. The predicted molar refractivity (Wildman–Crippen MR) is 87.6 cm³/mol. The first-order valence-electron chi connectivity index (χ1n) is 7.63. The monoisotopic (exact) mass is 324 g/mol. The van der Waals surface area contributed by atoms with Crippen LogP contribution in [0, 0.1) is 17.1 Å². The third kappa shape index (κ3) is 5.33. The highest BCUT2D eigenvalue weighted by Crippen LogP contribution is 2.09. The number of carbonyl (C=O) groups excluding carboxylic acids is 2. The van der Waals surface area contributed by atoms with E-state index in [1.807, 2.05) is 6.07 Å². The Morgan fingerprint density at radius 2 is 1.67 bits per heavy atom. The molecule has 0 aliphatic heterocycles. The van der Waals surface area contributed by atoms with Gasteiger partial charge in [0.25, 0.3) is 0 Å². The van der Waals surface area contributed by atoms with Crippen LogP contribution in [-0.2, 0) is 11.3 Å². The first kappa shape index (κ1) is 17.4. The van der Waals surface area contributed by atoms with Gasteiger partial charge in [0.1, 0.15) is 5.82 Å². The van der Waals surface area contributed by atoms with E-state index < -0.39 is 0 Å². The minimum atomic E-state index is -0.381. The first-order valence-corrected chi connectivity index (χ1v) is 7.63. The summed E-state index contributed by atoms with van der Waals surface area (Å²) >= 11 is 0. The van der Waals surface area contributed by atoms with E-state index in [0.717, 1.165) is 5.56 Å². The number of nitrogens with zero attached hydrogens (tertiary/aromatic N) is 1. The van der Waals surface area contributed by atoms with Crippen molar-refractivity contribution in [2.75, 3.05) is 0 Å². The number of carbonyl (C=O) groups is 2. The summed E-state index contributed by atoms with van der Waals surface area (Å²) in [5, 5.41) is 11.5. The molecule has 0 aliphatic carbocycles. The second-order valence-electron chi connectivity index (χ2n) is 5.37. The lowest BCUT2D eigenvalue weighted by molar-refractivity contribution is -0.121. The topological polar surface area (TPSA) is 70.0 Å². The van der Waals surface area contributed by atoms with Crippen LogP contribution in [0.4, 0.5) is 4.39 Å². The average Bonchev–Trinajstić information content (AvgIpc) is 2.61. The molecule has 5 heteroatoms. The Morgan fingerprint density at radius 3 is 2.29 bits per heavy atom. The lowest BCUT2D eigenvalue weighted by atomic mass is 10.1. The van der Waals surface area contributed by atoms with Crippen molar-refractivity contribution in [1.29, 1.82) is 5.26 Å². The van der Waals surface area contributed by atoms with E-state index >= 15 is 0 Å². The van der Waals surface area contributed by atoms with Crippen LogP contribution in [0.3, 0.4) is 0 Å². The SMILES string of the molecule is N#Cc1ccc(CNC(=O)CCCC(=O)c2ccc(F)cc2)cc1. The van der Waals surface area contributed by atoms with E-state index in [1.165, 1.54) is 24.3 Å². The van der Waals surface area contributed by atoms with E-state index in [0.29, 0.717) is 24.1 Å². The highest BCUT2D eigenvalue weighted by atomic mass is 19.1. The minimum absolute atomic E-state index is 0.102. The van der Waals surface area contributed by atoms with Crippen molar-refractivity contribution in [1.82, 2.24) is 5.32 Å². The standard InChI is InChI=1S/C19H17FN2O2/c20-17-10-8-16(9-11-17)18(23)2-1-3-19(24)22-13-15-6-4-14(12-21)5-7-15/h4-11H,1-3,13H2,(H,22,24). The van der Waals surface area contributed by atoms with Crippen LogP contribution >= 0.6 is 0 Å². The van der Waals surface area contributed by atoms with Crippen molar-refractivity contribution in [3.8, 4) is 6.07 Å². The number of amides is 1. The van der Waals surface area contributed by atoms with E-state index in [4.69, 9.17) is 5.26 Å². The summed E-state index contributed by atoms with van der Waals surface area (Å²) in [6.07, 6.45) is 0.939. The number of hydrogen-bond donors (Lipinski definition) is 1. The first-order chi connectivity index (χ1) is 11.6. The van der Waals surface area contributed by atoms with Gasteiger partial charge in [-0.05, 0) is 48.4 Å². The van der Waals surface area contributed by atoms with Crippen LogP contribution in [0.25, 0.3) is 0 Å². The molecule has 0 radical (unpaired) electrons. The van der Waals surface area contributed by atoms with E-state index in [2.05, 4.69) is 5.32 Å². The number of nitrogens with one attached hydrogen (secondary N) is 1. The molecule has 122 valence electrons. The maximum Gasteiger partial charge on any atom is 0.220 e. The molecule has 0 heterocycles. The van der Waals surface area contributed by atoms with Gasteiger partial charge in [-0.1, -0.05) is 12.1 Å². The van der Waals surface area contributed by atoms with Gasteiger partial charge < -0.3 is 5.32 Å². The molecule has 0 bridgehead atoms. The lowest BCUT2D eigenvalue weighted by Gasteiger charge is -2.05. The molecule has 2 aromatic carbocycles. The van der Waals surface area contributed by atoms with Crippen LogP contribution in [0.15, 0.2) is 48.5 Å². The van der Waals surface area contributed by atoms with E-state index in [1.54, 1.807) is 24.3 Å². The molecule has 2 aromatic rings. The lowest BCUT2D eigenvalue weighted by Crippen LogP contribution is -2.22. The van der Waals surface area contributed by atoms with Crippen LogP contribution in [0.2, 0.25) is 0 Å². The van der Waals surface area contributed by atoms with Crippen LogP contribution in [0.5, 0.6) is 0 Å². The summed E-state index contributed by atoms with van der Waals surface area (Å²) in [5.74, 6) is -0.616. The molecule has 0 atom stereocenters. The normalized spacial score (nSPS) is 10.0. The molecule has 0 spiro atoms. The van der Waals surface area contributed by atoms with Crippen molar-refractivity contribution in [2.45, 2.75) is 25.8 Å². The number of rotatable bonds is 7. The van der Waals surface area contributed by atoms with Gasteiger partial charge in [0.2, 0.25) is 5.91 Å². The maximum absolute atomic E-state index is 12.8. The van der Waals surface area contributed by atoms with E-state index in [-0.39, 0.29) is 30.3 Å². The van der Waals surface area contributed by atoms with E-state index in [9.17, 15) is 14.0 Å². The molecule has 0 aromatic heterocycles. The predicted octanol–water partition coefficient (Wildman–Crippen LogP) is 3.37. The van der Waals surface area contributed by atoms with Gasteiger partial charge >= 0.3 is 0 Å². The van der Waals surface area contributed by atoms with Crippen LogP contribution in [0.1, 0.15) is 40.7 Å². The Morgan fingerprint density at radius 1 is 1.00 bits per heavy atom. The molecule has 1 N–H and O–H groups in total. The fourth-order valence-electron chi connectivity index (χ4n) is 2.18. The average molecular weight is 324 g/mol. The fourth-order valence-corrected chi connectivity index (χ4v) is 2.18. The number of hydrogen-bond acceptors (Lipinski definition) is 3. The highest BCUT2D eigenvalue weighted by Gasteiger charge is 2.08. The second-order valence-corrected chi connectivity index (χ2v) is 5.37. The zero-order chi connectivity index (χ0) is 17.4. The van der Waals surface area contributed by atoms with Gasteiger partial charge in [0.15, 0.2) is 5.78 Å². The Hall–Kier alpha value is -3.00. The summed E-state index contributed by atoms with van der Waals surface area (Å²) in [4.78, 5) is 23.7. The number of ketones is 1. The van der Waals surface area contributed by atoms with Crippen molar-refractivity contribution in [2.24, 2.45) is 0 Å². The second kappa shape index (κ2) is 8.59. The Kier molecular flexibility index (Phi) is 6.21. The zero-order valence-electron chi connectivity index (χ0n) is 13.1. The molecule has 24 heavy (non-hydrogen) atoms. The fraction of sp³-hybridized carbons (Fsp3) is 0.211. The summed E-state index contributed by atoms with van der Waals surface area (Å²) < 4.78 is 12.8. The van der Waals surface area contributed by atoms with Gasteiger partial charge in [-0.2, -0.15) is 5.26 Å². The molecule has 1 amide bonds. The number of nitriles is 1. The number of benzene rings is 2. The summed E-state index contributed by atoms with van der Waals surface area (Å²) in [5.41, 5.74) is 1.93. The Balaban J connectivity index is 1.70. The summed E-state index contributed by atoms with van der Waals surface area (Å²) in [7, 11) is 0. The Labute approximate surface area is 139 Å². The largest absolute Gasteiger partial charge is 0.352 e. The van der Waals surface area contributed by atoms with Gasteiger partial charge in [-0.25, -0.2) is 4.39 Å². The van der Waals surface area contributed by atoms with Gasteiger partial charge in [0.05, 0.1) is 11.6 Å². The number of Topliss-reactive ketones (excluding diaryl/α,β-unsaturated/α-hetero) is 1. The van der Waals surface area contributed by atoms with Gasteiger partial charge in [-0.3, -0.25) is 9.59 Å². The van der Waals surface area contributed by atoms with Crippen LogP contribution < -0.4 is 5.32 Å². The molecule has 0 fully saturated rings. The van der Waals surface area contributed by atoms with Gasteiger partial charge in [-0.15, -0.1) is 0 Å². The Bertz CT molecular complexity index is 746. The molecular formula is C19H17FN2O2. The number of halogens is 1. The molecule has 0 saturated heterocycles. The third-order valence-corrected chi connectivity index (χ3v) is 3.55. The third-order valence-electron chi connectivity index (χ3n) is 3.55. The maximum atomic E-state index is 12.8. The van der Waals surface area contributed by atoms with Crippen LogP contribution in [-0.4, -0.2) is 11.7 Å². The molecular weight excluding hydrogens is 307 g/mol. The molecule has 0 saturated carbocycles. The van der Waals surface area contributed by atoms with Crippen molar-refractivity contribution in [3.63, 3.8) is 0 Å². The summed E-state index contributed by atoms with van der Waals surface area (Å²) in [6.45, 7) is 0.385. The smallest absolute Gasteiger partial charge is 0.220 e. The zero-order valence-corrected chi connectivity index (χ0v) is 13.1. The molecule has 2 rings (SSSR count). The molecule has 0 unspecified atom stereocenters. The van der Waals surface area contributed by atoms with Crippen molar-refractivity contribution >= 4 is 11.7 Å². The molecule has 4 nitrogen and oxygen atoms in total. The summed E-state index contributed by atoms with van der Waals surface area (Å²) in [6, 6.07) is 14.4. The highest BCUT2D eigenvalue weighted by molar-refractivity contribution is 5.96. The quantitative estimate of drug-likeness (QED) is 0.794. The van der Waals surface area contributed by atoms with Gasteiger partial charge in [0, 0.05) is 24.9 Å². The molecule has 0 aliphatic rings. The van der Waals surface area contributed by atoms with Crippen molar-refractivity contribution in [3.05, 3.63) is 71.0 Å².